The van der Waals surface area contributed by atoms with Crippen molar-refractivity contribution in [1.82, 2.24) is 0 Å². The lowest BCUT2D eigenvalue weighted by atomic mass is 9.46. The number of carbonyl (C=O) groups excluding carboxylic acids is 2. The Bertz CT molecular complexity index is 631. The molecule has 4 rings (SSSR count). The molecule has 1 unspecified atom stereocenters. The monoisotopic (exact) mass is 314 g/mol. The minimum absolute atomic E-state index is 0.0473. The van der Waals surface area contributed by atoms with Gasteiger partial charge in [0.1, 0.15) is 5.78 Å². The molecule has 6 atom stereocenters. The predicted octanol–water partition coefficient (Wildman–Crippen LogP) is 3.08. The number of hydrogen-bond donors (Lipinski definition) is 1. The molecule has 3 nitrogen and oxygen atoms in total. The summed E-state index contributed by atoms with van der Waals surface area (Å²) in [6.07, 6.45) is 10.2. The van der Waals surface area contributed by atoms with E-state index < -0.39 is 0 Å². The second-order valence-corrected chi connectivity index (χ2v) is 8.53. The average molecular weight is 314 g/mol. The summed E-state index contributed by atoms with van der Waals surface area (Å²) in [6, 6.07) is 0. The fraction of sp³-hybridized carbons (Fsp3) is 0.700. The Morgan fingerprint density at radius 1 is 1.22 bits per heavy atom. The molecule has 1 N–H and O–H groups in total. The summed E-state index contributed by atoms with van der Waals surface area (Å²) in [6.45, 7) is 4.51. The van der Waals surface area contributed by atoms with E-state index in [1.54, 1.807) is 12.2 Å². The van der Waals surface area contributed by atoms with Crippen LogP contribution in [0.25, 0.3) is 0 Å². The van der Waals surface area contributed by atoms with E-state index in [1.807, 2.05) is 0 Å². The highest BCUT2D eigenvalue weighted by Gasteiger charge is 2.59. The molecule has 124 valence electrons. The molecule has 0 aromatic carbocycles. The van der Waals surface area contributed by atoms with Crippen LogP contribution >= 0.6 is 0 Å². The normalized spacial score (nSPS) is 48.6. The first-order valence-corrected chi connectivity index (χ1v) is 8.99. The van der Waals surface area contributed by atoms with Crippen LogP contribution in [-0.2, 0) is 9.59 Å². The van der Waals surface area contributed by atoms with E-state index in [9.17, 15) is 14.7 Å². The molecule has 0 aliphatic heterocycles. The van der Waals surface area contributed by atoms with Crippen molar-refractivity contribution in [3.63, 3.8) is 0 Å². The van der Waals surface area contributed by atoms with E-state index in [0.29, 0.717) is 23.5 Å². The Balaban J connectivity index is 1.77. The second kappa shape index (κ2) is 4.89. The van der Waals surface area contributed by atoms with Gasteiger partial charge in [-0.2, -0.15) is 0 Å². The third-order valence-electron chi connectivity index (χ3n) is 7.65. The lowest BCUT2D eigenvalue weighted by molar-refractivity contribution is -0.132. The predicted molar refractivity (Wildman–Crippen MR) is 87.6 cm³/mol. The Hall–Kier alpha value is -1.22. The van der Waals surface area contributed by atoms with Crippen LogP contribution in [0.4, 0.5) is 0 Å². The topological polar surface area (TPSA) is 54.4 Å². The van der Waals surface area contributed by atoms with Crippen molar-refractivity contribution < 1.29 is 14.7 Å². The van der Waals surface area contributed by atoms with Crippen molar-refractivity contribution in [2.75, 3.05) is 6.61 Å². The number of fused-ring (bicyclic) bond motifs is 5. The number of rotatable bonds is 1. The van der Waals surface area contributed by atoms with Crippen molar-refractivity contribution in [1.29, 1.82) is 0 Å². The van der Waals surface area contributed by atoms with Gasteiger partial charge in [0.05, 0.1) is 0 Å². The summed E-state index contributed by atoms with van der Waals surface area (Å²) in [4.78, 5) is 24.3. The zero-order valence-electron chi connectivity index (χ0n) is 14.0. The van der Waals surface area contributed by atoms with Crippen LogP contribution in [0.2, 0.25) is 0 Å². The fourth-order valence-electron chi connectivity index (χ4n) is 6.36. The zero-order chi connectivity index (χ0) is 16.4. The Labute approximate surface area is 137 Å². The van der Waals surface area contributed by atoms with Gasteiger partial charge in [0.2, 0.25) is 0 Å². The van der Waals surface area contributed by atoms with Crippen LogP contribution in [0.1, 0.15) is 46.0 Å². The number of aliphatic hydroxyl groups is 1. The largest absolute Gasteiger partial charge is 0.396 e. The van der Waals surface area contributed by atoms with Crippen molar-refractivity contribution in [3.8, 4) is 0 Å². The number of allylic oxidation sites excluding steroid dienone is 3. The highest BCUT2D eigenvalue weighted by atomic mass is 16.3. The SMILES string of the molecule is C[C@]12C=CC(=O)C=C1C(CO)C[C@@H]1[C@H]2CC[C@]2(C)C(=O)CC[C@@H]12. The smallest absolute Gasteiger partial charge is 0.178 e. The average Bonchev–Trinajstić information content (AvgIpc) is 2.83. The molecule has 0 saturated heterocycles. The highest BCUT2D eigenvalue weighted by molar-refractivity contribution is 6.01. The molecule has 3 fully saturated rings. The first-order valence-electron chi connectivity index (χ1n) is 8.99. The first-order chi connectivity index (χ1) is 10.9. The van der Waals surface area contributed by atoms with Gasteiger partial charge in [-0.1, -0.05) is 25.5 Å². The molecule has 4 aliphatic carbocycles. The third kappa shape index (κ3) is 1.92. The van der Waals surface area contributed by atoms with Crippen molar-refractivity contribution in [2.24, 2.45) is 34.5 Å². The Morgan fingerprint density at radius 3 is 2.74 bits per heavy atom. The minimum Gasteiger partial charge on any atom is -0.396 e. The van der Waals surface area contributed by atoms with Gasteiger partial charge >= 0.3 is 0 Å². The maximum atomic E-state index is 12.4. The van der Waals surface area contributed by atoms with Crippen LogP contribution < -0.4 is 0 Å². The summed E-state index contributed by atoms with van der Waals surface area (Å²) < 4.78 is 0. The second-order valence-electron chi connectivity index (χ2n) is 8.53. The maximum Gasteiger partial charge on any atom is 0.178 e. The van der Waals surface area contributed by atoms with E-state index in [2.05, 4.69) is 19.9 Å². The molecule has 0 spiro atoms. The molecule has 3 saturated carbocycles. The van der Waals surface area contributed by atoms with Crippen molar-refractivity contribution in [2.45, 2.75) is 46.0 Å². The summed E-state index contributed by atoms with van der Waals surface area (Å²) in [5.41, 5.74) is 0.853. The molecular weight excluding hydrogens is 288 g/mol. The van der Waals surface area contributed by atoms with Gasteiger partial charge in [0, 0.05) is 29.8 Å². The van der Waals surface area contributed by atoms with Gasteiger partial charge in [-0.15, -0.1) is 0 Å². The Kier molecular flexibility index (Phi) is 3.26. The van der Waals surface area contributed by atoms with Gasteiger partial charge in [-0.25, -0.2) is 0 Å². The van der Waals surface area contributed by atoms with Gasteiger partial charge in [-0.05, 0) is 55.6 Å². The van der Waals surface area contributed by atoms with Crippen molar-refractivity contribution in [3.05, 3.63) is 23.8 Å². The molecule has 0 aromatic rings. The molecule has 3 heteroatoms. The van der Waals surface area contributed by atoms with E-state index in [4.69, 9.17) is 0 Å². The van der Waals surface area contributed by atoms with Crippen LogP contribution in [0.5, 0.6) is 0 Å². The lowest BCUT2D eigenvalue weighted by Crippen LogP contribution is -2.52. The fourth-order valence-corrected chi connectivity index (χ4v) is 6.36. The summed E-state index contributed by atoms with van der Waals surface area (Å²) in [5, 5.41) is 9.93. The quantitative estimate of drug-likeness (QED) is 0.809. The maximum absolute atomic E-state index is 12.4. The number of Topliss-reactive ketones (excluding diaryl/α,β-unsaturated/α-hetero) is 1. The first kappa shape index (κ1) is 15.3. The zero-order valence-corrected chi connectivity index (χ0v) is 14.0. The van der Waals surface area contributed by atoms with E-state index in [-0.39, 0.29) is 29.1 Å². The van der Waals surface area contributed by atoms with Crippen molar-refractivity contribution >= 4 is 11.6 Å². The molecule has 0 amide bonds. The van der Waals surface area contributed by atoms with Crippen LogP contribution in [0, 0.1) is 34.5 Å². The number of aliphatic hydroxyl groups excluding tert-OH is 1. The van der Waals surface area contributed by atoms with Gasteiger partial charge in [0.25, 0.3) is 0 Å². The molecular formula is C20H26O3. The highest BCUT2D eigenvalue weighted by Crippen LogP contribution is 2.64. The Morgan fingerprint density at radius 2 is 2.00 bits per heavy atom. The number of hydrogen-bond acceptors (Lipinski definition) is 3. The molecule has 23 heavy (non-hydrogen) atoms. The van der Waals surface area contributed by atoms with Gasteiger partial charge in [0.15, 0.2) is 5.78 Å². The van der Waals surface area contributed by atoms with E-state index in [0.717, 1.165) is 37.7 Å². The molecule has 4 aliphatic rings. The van der Waals surface area contributed by atoms with E-state index in [1.165, 1.54) is 0 Å². The molecule has 0 heterocycles. The third-order valence-corrected chi connectivity index (χ3v) is 7.65. The van der Waals surface area contributed by atoms with E-state index >= 15 is 0 Å². The van der Waals surface area contributed by atoms with Crippen LogP contribution in [-0.4, -0.2) is 23.3 Å². The van der Waals surface area contributed by atoms with Gasteiger partial charge in [-0.3, -0.25) is 9.59 Å². The van der Waals surface area contributed by atoms with Crippen LogP contribution in [0.15, 0.2) is 23.8 Å². The molecule has 0 bridgehead atoms. The summed E-state index contributed by atoms with van der Waals surface area (Å²) >= 11 is 0. The molecule has 0 aromatic heterocycles. The minimum atomic E-state index is -0.146. The standard InChI is InChI=1S/C20H26O3/c1-19-7-5-13(22)10-17(19)12(11-21)9-14-15-3-4-18(23)20(15,2)8-6-16(14)19/h5,7,10,12,14-16,21H,3-4,6,8-9,11H2,1-2H3/t12?,14-,15-,16+,19+,20-/m0/s1. The number of carbonyl (C=O) groups is 2. The lowest BCUT2D eigenvalue weighted by Gasteiger charge is -2.57. The summed E-state index contributed by atoms with van der Waals surface area (Å²) in [5.74, 6) is 1.98. The van der Waals surface area contributed by atoms with Gasteiger partial charge < -0.3 is 5.11 Å². The summed E-state index contributed by atoms with van der Waals surface area (Å²) in [7, 11) is 0. The number of ketones is 2. The van der Waals surface area contributed by atoms with Crippen LogP contribution in [0.3, 0.4) is 0 Å². The molecule has 0 radical (unpaired) electrons.